The van der Waals surface area contributed by atoms with E-state index in [1.54, 1.807) is 0 Å². The summed E-state index contributed by atoms with van der Waals surface area (Å²) < 4.78 is 5.48. The van der Waals surface area contributed by atoms with Crippen molar-refractivity contribution in [3.63, 3.8) is 0 Å². The van der Waals surface area contributed by atoms with Crippen molar-refractivity contribution in [3.05, 3.63) is 71.8 Å². The van der Waals surface area contributed by atoms with Crippen LogP contribution in [0.25, 0.3) is 33.3 Å². The lowest BCUT2D eigenvalue weighted by Crippen LogP contribution is -2.36. The van der Waals surface area contributed by atoms with Crippen molar-refractivity contribution in [1.82, 2.24) is 4.98 Å². The van der Waals surface area contributed by atoms with Crippen molar-refractivity contribution in [2.75, 3.05) is 36.5 Å². The van der Waals surface area contributed by atoms with Gasteiger partial charge in [0.2, 0.25) is 5.91 Å². The highest BCUT2D eigenvalue weighted by atomic mass is 16.5. The molecule has 1 fully saturated rings. The first kappa shape index (κ1) is 21.9. The van der Waals surface area contributed by atoms with Gasteiger partial charge in [-0.1, -0.05) is 45.0 Å². The fourth-order valence-corrected chi connectivity index (χ4v) is 5.21. The van der Waals surface area contributed by atoms with Gasteiger partial charge in [-0.05, 0) is 64.1 Å². The number of aromatic nitrogens is 1. The van der Waals surface area contributed by atoms with E-state index in [2.05, 4.69) is 90.6 Å². The molecule has 0 unspecified atom stereocenters. The molecule has 4 aromatic rings. The zero-order chi connectivity index (χ0) is 24.2. The number of carbonyl (C=O) groups excluding carboxylic acids is 1. The third-order valence-corrected chi connectivity index (χ3v) is 7.25. The summed E-state index contributed by atoms with van der Waals surface area (Å²) >= 11 is 0. The molecule has 0 atom stereocenters. The summed E-state index contributed by atoms with van der Waals surface area (Å²) in [6.45, 7) is 10.1. The summed E-state index contributed by atoms with van der Waals surface area (Å²) in [5, 5.41) is 4.25. The summed E-state index contributed by atoms with van der Waals surface area (Å²) in [5.74, 6) is 0.0228. The first-order valence-electron chi connectivity index (χ1n) is 12.4. The van der Waals surface area contributed by atoms with Crippen molar-refractivity contribution in [2.45, 2.75) is 32.6 Å². The molecule has 2 aliphatic heterocycles. The van der Waals surface area contributed by atoms with Crippen LogP contribution in [0, 0.1) is 0 Å². The Morgan fingerprint density at radius 3 is 2.37 bits per heavy atom. The summed E-state index contributed by atoms with van der Waals surface area (Å²) in [6, 6.07) is 21.6. The van der Waals surface area contributed by atoms with E-state index in [0.717, 1.165) is 70.8 Å². The zero-order valence-electron chi connectivity index (χ0n) is 20.6. The van der Waals surface area contributed by atoms with Gasteiger partial charge in [-0.2, -0.15) is 0 Å². The first-order chi connectivity index (χ1) is 16.9. The van der Waals surface area contributed by atoms with Gasteiger partial charge in [0.1, 0.15) is 0 Å². The minimum Gasteiger partial charge on any atom is -0.378 e. The minimum absolute atomic E-state index is 0.0228. The molecule has 178 valence electrons. The average molecular weight is 466 g/mol. The molecule has 1 amide bonds. The van der Waals surface area contributed by atoms with E-state index in [-0.39, 0.29) is 11.3 Å². The predicted octanol–water partition coefficient (Wildman–Crippen LogP) is 6.13. The van der Waals surface area contributed by atoms with Gasteiger partial charge >= 0.3 is 0 Å². The number of hydrogen-bond donors (Lipinski definition) is 2. The van der Waals surface area contributed by atoms with Crippen LogP contribution in [0.1, 0.15) is 31.9 Å². The number of rotatable bonds is 2. The van der Waals surface area contributed by atoms with E-state index in [1.807, 2.05) is 6.07 Å². The van der Waals surface area contributed by atoms with Crippen LogP contribution in [0.2, 0.25) is 0 Å². The predicted molar refractivity (Wildman–Crippen MR) is 143 cm³/mol. The second kappa shape index (κ2) is 8.28. The number of nitrogens with one attached hydrogen (secondary N) is 2. The van der Waals surface area contributed by atoms with Crippen LogP contribution in [0.5, 0.6) is 0 Å². The van der Waals surface area contributed by atoms with Crippen molar-refractivity contribution in [2.24, 2.45) is 0 Å². The number of carbonyl (C=O) groups is 1. The average Bonchev–Trinajstić information content (AvgIpc) is 3.14. The zero-order valence-corrected chi connectivity index (χ0v) is 20.6. The molecule has 1 aromatic heterocycles. The molecule has 6 rings (SSSR count). The highest BCUT2D eigenvalue weighted by Gasteiger charge is 2.25. The highest BCUT2D eigenvalue weighted by molar-refractivity contribution is 6.06. The number of benzene rings is 3. The van der Waals surface area contributed by atoms with Gasteiger partial charge in [0.05, 0.1) is 31.0 Å². The maximum absolute atomic E-state index is 12.8. The third-order valence-electron chi connectivity index (χ3n) is 7.25. The molecule has 0 spiro atoms. The number of H-pyrrole nitrogens is 1. The summed E-state index contributed by atoms with van der Waals surface area (Å²) in [5.41, 5.74) is 9.90. The quantitative estimate of drug-likeness (QED) is 0.374. The SMILES string of the molecule is CC(C)(C)c1ccc2[nH]c3c(c2c1)CC(=O)Nc1ccc(-c2ccc(N4CCOCC4)cc2)cc1-3. The second-order valence-corrected chi connectivity index (χ2v) is 10.6. The van der Waals surface area contributed by atoms with Crippen LogP contribution in [-0.2, 0) is 21.4 Å². The van der Waals surface area contributed by atoms with Crippen molar-refractivity contribution >= 4 is 28.2 Å². The highest BCUT2D eigenvalue weighted by Crippen LogP contribution is 2.40. The largest absolute Gasteiger partial charge is 0.378 e. The molecule has 35 heavy (non-hydrogen) atoms. The molecular formula is C30H31N3O2. The van der Waals surface area contributed by atoms with Crippen LogP contribution in [0.15, 0.2) is 60.7 Å². The standard InChI is InChI=1S/C30H31N3O2/c1-30(2,3)21-7-11-26-23(17-21)24-18-28(34)31-27-10-6-20(16-25(27)29(24)32-26)19-4-8-22(9-5-19)33-12-14-35-15-13-33/h4-11,16-17,32H,12-15,18H2,1-3H3,(H,31,34). The molecular weight excluding hydrogens is 434 g/mol. The van der Waals surface area contributed by atoms with E-state index in [1.165, 1.54) is 11.3 Å². The molecule has 0 bridgehead atoms. The van der Waals surface area contributed by atoms with Crippen molar-refractivity contribution in [1.29, 1.82) is 0 Å². The van der Waals surface area contributed by atoms with Gasteiger partial charge in [-0.3, -0.25) is 4.79 Å². The summed E-state index contributed by atoms with van der Waals surface area (Å²) in [4.78, 5) is 18.8. The summed E-state index contributed by atoms with van der Waals surface area (Å²) in [7, 11) is 0. The van der Waals surface area contributed by atoms with Crippen LogP contribution in [0.4, 0.5) is 11.4 Å². The Kier molecular flexibility index (Phi) is 5.19. The number of aromatic amines is 1. The third kappa shape index (κ3) is 4.00. The molecule has 0 aliphatic carbocycles. The van der Waals surface area contributed by atoms with E-state index in [9.17, 15) is 4.79 Å². The fourth-order valence-electron chi connectivity index (χ4n) is 5.21. The monoisotopic (exact) mass is 465 g/mol. The first-order valence-corrected chi connectivity index (χ1v) is 12.4. The lowest BCUT2D eigenvalue weighted by Gasteiger charge is -2.29. The van der Waals surface area contributed by atoms with E-state index >= 15 is 0 Å². The number of hydrogen-bond acceptors (Lipinski definition) is 3. The van der Waals surface area contributed by atoms with Gasteiger partial charge in [-0.15, -0.1) is 0 Å². The smallest absolute Gasteiger partial charge is 0.228 e. The van der Waals surface area contributed by atoms with Crippen LogP contribution in [0.3, 0.4) is 0 Å². The van der Waals surface area contributed by atoms with Gasteiger partial charge in [0.15, 0.2) is 0 Å². The number of fused-ring (bicyclic) bond motifs is 5. The molecule has 1 saturated heterocycles. The van der Waals surface area contributed by atoms with Gasteiger partial charge in [0, 0.05) is 35.2 Å². The molecule has 3 heterocycles. The molecule has 0 saturated carbocycles. The molecule has 3 aromatic carbocycles. The Hall–Kier alpha value is -3.57. The molecule has 5 heteroatoms. The Labute approximate surface area is 206 Å². The van der Waals surface area contributed by atoms with Crippen molar-refractivity contribution in [3.8, 4) is 22.4 Å². The maximum Gasteiger partial charge on any atom is 0.228 e. The molecule has 2 aliphatic rings. The van der Waals surface area contributed by atoms with Crippen LogP contribution >= 0.6 is 0 Å². The lowest BCUT2D eigenvalue weighted by atomic mass is 9.86. The van der Waals surface area contributed by atoms with Crippen molar-refractivity contribution < 1.29 is 9.53 Å². The maximum atomic E-state index is 12.8. The van der Waals surface area contributed by atoms with Gasteiger partial charge in [0.25, 0.3) is 0 Å². The Balaban J connectivity index is 1.43. The Bertz CT molecular complexity index is 1420. The number of nitrogens with zero attached hydrogens (tertiary/aromatic N) is 1. The normalized spacial score (nSPS) is 16.0. The molecule has 0 radical (unpaired) electrons. The summed E-state index contributed by atoms with van der Waals surface area (Å²) in [6.07, 6.45) is 0.362. The lowest BCUT2D eigenvalue weighted by molar-refractivity contribution is -0.115. The number of morpholine rings is 1. The second-order valence-electron chi connectivity index (χ2n) is 10.6. The number of ether oxygens (including phenoxy) is 1. The molecule has 2 N–H and O–H groups in total. The van der Waals surface area contributed by atoms with E-state index in [0.29, 0.717) is 6.42 Å². The molecule has 5 nitrogen and oxygen atoms in total. The van der Waals surface area contributed by atoms with E-state index in [4.69, 9.17) is 4.74 Å². The Morgan fingerprint density at radius 1 is 0.886 bits per heavy atom. The topological polar surface area (TPSA) is 57.4 Å². The Morgan fingerprint density at radius 2 is 1.63 bits per heavy atom. The van der Waals surface area contributed by atoms with E-state index < -0.39 is 0 Å². The number of amides is 1. The fraction of sp³-hybridized carbons (Fsp3) is 0.300. The van der Waals surface area contributed by atoms with Crippen LogP contribution in [-0.4, -0.2) is 37.2 Å². The van der Waals surface area contributed by atoms with Crippen LogP contribution < -0.4 is 10.2 Å². The van der Waals surface area contributed by atoms with Gasteiger partial charge < -0.3 is 19.9 Å². The number of anilines is 2. The van der Waals surface area contributed by atoms with Gasteiger partial charge in [-0.25, -0.2) is 0 Å². The minimum atomic E-state index is 0.0228.